The Hall–Kier alpha value is -0.333. The van der Waals surface area contributed by atoms with E-state index in [1.54, 1.807) is 0 Å². The first-order chi connectivity index (χ1) is 4.00. The van der Waals surface area contributed by atoms with E-state index in [1.807, 2.05) is 0 Å². The van der Waals surface area contributed by atoms with Gasteiger partial charge in [-0.3, -0.25) is 27.2 Å². The molecular weight excluding hydrogens is 229 g/mol. The fourth-order valence-corrected chi connectivity index (χ4v) is 0. The molecule has 0 fully saturated rings. The summed E-state index contributed by atoms with van der Waals surface area (Å²) in [6.07, 6.45) is 0. The van der Waals surface area contributed by atoms with Crippen LogP contribution in [0, 0.1) is 0 Å². The van der Waals surface area contributed by atoms with Crippen LogP contribution in [0.2, 0.25) is 0 Å². The smallest absolute Gasteiger partial charge is 0 e. The number of carbonyl (C=O) groups excluding carboxylic acids is 4. The topological polar surface area (TPSA) is 68.3 Å². The summed E-state index contributed by atoms with van der Waals surface area (Å²) in [7, 11) is 0. The molecule has 0 amide bonds. The maximum atomic E-state index is 7.75. The van der Waals surface area contributed by atoms with E-state index in [4.69, 9.17) is 19.2 Å². The molecule has 0 aromatic rings. The van der Waals surface area contributed by atoms with Gasteiger partial charge in [-0.05, 0) is 0 Å². The van der Waals surface area contributed by atoms with Gasteiger partial charge in [0.1, 0.15) is 0 Å². The van der Waals surface area contributed by atoms with Crippen molar-refractivity contribution in [3.05, 3.63) is 0 Å². The van der Waals surface area contributed by atoms with Crippen molar-refractivity contribution in [3.8, 4) is 0 Å². The van der Waals surface area contributed by atoms with Crippen molar-refractivity contribution in [1.29, 1.82) is 0 Å². The molecule has 0 aromatic carbocycles. The normalized spacial score (nSPS) is 1.60. The molecule has 6 heteroatoms. The SMILES string of the molecule is [CH-]=O.[CH-]=O.[CH-]=O.[CH-]=O.[Ni].[Ni]. The van der Waals surface area contributed by atoms with Crippen molar-refractivity contribution in [2.24, 2.45) is 0 Å². The van der Waals surface area contributed by atoms with E-state index >= 15 is 0 Å². The molecule has 0 aliphatic carbocycles. The Kier molecular flexibility index (Phi) is 24800. The maximum Gasteiger partial charge on any atom is 0 e. The molecule has 0 aliphatic heterocycles. The Labute approximate surface area is 79.6 Å². The van der Waals surface area contributed by atoms with Gasteiger partial charge in [-0.25, -0.2) is 0 Å². The number of rotatable bonds is 0. The molecule has 10 heavy (non-hydrogen) atoms. The number of hydrogen-bond acceptors (Lipinski definition) is 4. The van der Waals surface area contributed by atoms with Crippen LogP contribution in [-0.2, 0) is 52.2 Å². The third kappa shape index (κ3) is 3070. The van der Waals surface area contributed by atoms with Gasteiger partial charge in [0.15, 0.2) is 0 Å². The van der Waals surface area contributed by atoms with Crippen molar-refractivity contribution in [2.75, 3.05) is 0 Å². The molecule has 0 rings (SSSR count). The van der Waals surface area contributed by atoms with Crippen molar-refractivity contribution in [3.63, 3.8) is 0 Å². The van der Waals surface area contributed by atoms with Crippen LogP contribution in [0.15, 0.2) is 0 Å². The predicted octanol–water partition coefficient (Wildman–Crippen LogP) is -1.10. The van der Waals surface area contributed by atoms with Gasteiger partial charge in [0.2, 0.25) is 0 Å². The van der Waals surface area contributed by atoms with E-state index in [0.29, 0.717) is 0 Å². The van der Waals surface area contributed by atoms with Gasteiger partial charge in [0.05, 0.1) is 0 Å². The first kappa shape index (κ1) is 54.0. The number of hydrogen-bond donors (Lipinski definition) is 0. The Morgan fingerprint density at radius 2 is 0.400 bits per heavy atom. The first-order valence-electron chi connectivity index (χ1n) is 0.943. The van der Waals surface area contributed by atoms with Crippen LogP contribution in [0.1, 0.15) is 0 Å². The van der Waals surface area contributed by atoms with E-state index in [1.165, 1.54) is 0 Å². The summed E-state index contributed by atoms with van der Waals surface area (Å²) < 4.78 is 0. The van der Waals surface area contributed by atoms with Gasteiger partial charge in [-0.15, -0.1) is 0 Å². The zero-order valence-electron chi connectivity index (χ0n) is 4.57. The molecule has 0 bridgehead atoms. The van der Waals surface area contributed by atoms with Gasteiger partial charge >= 0.3 is 0 Å². The molecule has 0 atom stereocenters. The monoisotopic (exact) mass is 232 g/mol. The minimum absolute atomic E-state index is 0. The average molecular weight is 233 g/mol. The van der Waals surface area contributed by atoms with E-state index in [-0.39, 0.29) is 33.0 Å². The van der Waals surface area contributed by atoms with Crippen LogP contribution in [0.4, 0.5) is 0 Å². The van der Waals surface area contributed by atoms with Crippen LogP contribution < -0.4 is 0 Å². The van der Waals surface area contributed by atoms with Crippen LogP contribution in [0.25, 0.3) is 0 Å². The van der Waals surface area contributed by atoms with E-state index in [2.05, 4.69) is 27.2 Å². The van der Waals surface area contributed by atoms with Gasteiger partial charge < -0.3 is 19.2 Å². The molecule has 68 valence electrons. The van der Waals surface area contributed by atoms with Crippen molar-refractivity contribution < 1.29 is 52.2 Å². The van der Waals surface area contributed by atoms with Crippen molar-refractivity contribution in [2.45, 2.75) is 0 Å². The minimum atomic E-state index is 0. The third-order valence-corrected chi connectivity index (χ3v) is 0. The second kappa shape index (κ2) is 4590. The zero-order valence-corrected chi connectivity index (χ0v) is 6.55. The van der Waals surface area contributed by atoms with Crippen molar-refractivity contribution in [1.82, 2.24) is 0 Å². The minimum Gasteiger partial charge on any atom is -0.545 e. The van der Waals surface area contributed by atoms with Crippen molar-refractivity contribution >= 4 is 27.2 Å². The van der Waals surface area contributed by atoms with Crippen LogP contribution >= 0.6 is 0 Å². The zero-order chi connectivity index (χ0) is 8.00. The largest absolute Gasteiger partial charge is 0.545 e. The van der Waals surface area contributed by atoms with E-state index in [9.17, 15) is 0 Å². The quantitative estimate of drug-likeness (QED) is 0.303. The van der Waals surface area contributed by atoms with Crippen LogP contribution in [0.5, 0.6) is 0 Å². The third-order valence-electron chi connectivity index (χ3n) is 0. The summed E-state index contributed by atoms with van der Waals surface area (Å²) in [6.45, 7) is 13.0. The average Bonchev–Trinajstić information content (AvgIpc) is 2.03. The summed E-state index contributed by atoms with van der Waals surface area (Å²) in [5.41, 5.74) is 0. The van der Waals surface area contributed by atoms with Gasteiger partial charge in [-0.2, -0.15) is 0 Å². The summed E-state index contributed by atoms with van der Waals surface area (Å²) in [5.74, 6) is 0. The van der Waals surface area contributed by atoms with E-state index < -0.39 is 0 Å². The summed E-state index contributed by atoms with van der Waals surface area (Å²) in [6, 6.07) is 0. The molecule has 0 saturated heterocycles. The molecule has 0 spiro atoms. The molecule has 0 N–H and O–H groups in total. The Bertz CT molecular complexity index is 23.2. The molecular formula is C4H4Ni2O4-4. The molecule has 0 heterocycles. The second-order valence-electron chi connectivity index (χ2n) is 0. The molecule has 0 saturated carbocycles. The Morgan fingerprint density at radius 3 is 0.400 bits per heavy atom. The fourth-order valence-electron chi connectivity index (χ4n) is 0. The fraction of sp³-hybridized carbons (Fsp3) is 0. The maximum absolute atomic E-state index is 7.75. The summed E-state index contributed by atoms with van der Waals surface area (Å²) in [4.78, 5) is 31.0. The van der Waals surface area contributed by atoms with Crippen LogP contribution in [-0.4, -0.2) is 27.2 Å². The predicted molar refractivity (Wildman–Crippen MR) is 27.0 cm³/mol. The summed E-state index contributed by atoms with van der Waals surface area (Å²) >= 11 is 0. The van der Waals surface area contributed by atoms with Gasteiger partial charge in [0, 0.05) is 33.0 Å². The van der Waals surface area contributed by atoms with Crippen LogP contribution in [0.3, 0.4) is 0 Å². The Balaban J connectivity index is -0.00000000500. The second-order valence-corrected chi connectivity index (χ2v) is 0. The van der Waals surface area contributed by atoms with Gasteiger partial charge in [-0.1, -0.05) is 0 Å². The summed E-state index contributed by atoms with van der Waals surface area (Å²) in [5, 5.41) is 0. The molecule has 4 nitrogen and oxygen atoms in total. The van der Waals surface area contributed by atoms with Gasteiger partial charge in [0.25, 0.3) is 0 Å². The molecule has 0 aliphatic rings. The molecule has 0 radical (unpaired) electrons. The standard InChI is InChI=1S/4CHO.2Ni/c4*1-2;;/h4*1H;;/q4*-1;;. The Morgan fingerprint density at radius 1 is 0.400 bits per heavy atom. The van der Waals surface area contributed by atoms with E-state index in [0.717, 1.165) is 0 Å². The molecule has 0 aromatic heterocycles. The molecule has 0 unspecified atom stereocenters. The first-order valence-corrected chi connectivity index (χ1v) is 0.943.